The maximum atomic E-state index is 12.7. The summed E-state index contributed by atoms with van der Waals surface area (Å²) in [6.45, 7) is 3.21. The van der Waals surface area contributed by atoms with Gasteiger partial charge >= 0.3 is 0 Å². The summed E-state index contributed by atoms with van der Waals surface area (Å²) in [6.07, 6.45) is 0.891. The van der Waals surface area contributed by atoms with E-state index in [2.05, 4.69) is 11.1 Å². The highest BCUT2D eigenvalue weighted by Crippen LogP contribution is 2.38. The number of aryl methyl sites for hydroxylation is 1. The normalized spacial score (nSPS) is 16.9. The number of pyridine rings is 1. The molecule has 1 aliphatic heterocycles. The Morgan fingerprint density at radius 1 is 1.29 bits per heavy atom. The molecule has 0 fully saturated rings. The minimum atomic E-state index is -0.0364. The molecule has 108 valence electrons. The van der Waals surface area contributed by atoms with E-state index in [4.69, 9.17) is 5.73 Å². The van der Waals surface area contributed by atoms with Crippen LogP contribution in [-0.4, -0.2) is 24.0 Å². The number of aromatic nitrogens is 1. The van der Waals surface area contributed by atoms with Crippen LogP contribution in [0.4, 0.5) is 5.69 Å². The Balaban J connectivity index is 1.95. The SMILES string of the molecule is Cc1cccc(C(=O)N2CC(CCN)c3ccccc32)n1. The smallest absolute Gasteiger partial charge is 0.276 e. The van der Waals surface area contributed by atoms with Gasteiger partial charge in [0.25, 0.3) is 5.91 Å². The second kappa shape index (κ2) is 5.66. The summed E-state index contributed by atoms with van der Waals surface area (Å²) >= 11 is 0. The van der Waals surface area contributed by atoms with Crippen molar-refractivity contribution in [2.75, 3.05) is 18.0 Å². The first kappa shape index (κ1) is 13.8. The summed E-state index contributed by atoms with van der Waals surface area (Å²) in [5.41, 5.74) is 9.26. The van der Waals surface area contributed by atoms with Crippen LogP contribution in [0.2, 0.25) is 0 Å². The summed E-state index contributed by atoms with van der Waals surface area (Å²) in [4.78, 5) is 18.9. The molecule has 2 aromatic rings. The van der Waals surface area contributed by atoms with Crippen LogP contribution in [0.3, 0.4) is 0 Å². The zero-order valence-electron chi connectivity index (χ0n) is 12.1. The largest absolute Gasteiger partial charge is 0.330 e. The van der Waals surface area contributed by atoms with E-state index in [9.17, 15) is 4.79 Å². The zero-order valence-corrected chi connectivity index (χ0v) is 12.1. The highest BCUT2D eigenvalue weighted by Gasteiger charge is 2.32. The lowest BCUT2D eigenvalue weighted by Crippen LogP contribution is -2.31. The quantitative estimate of drug-likeness (QED) is 0.940. The van der Waals surface area contributed by atoms with Crippen molar-refractivity contribution in [1.82, 2.24) is 4.98 Å². The topological polar surface area (TPSA) is 59.2 Å². The van der Waals surface area contributed by atoms with Crippen LogP contribution in [0, 0.1) is 6.92 Å². The van der Waals surface area contributed by atoms with E-state index in [1.807, 2.05) is 42.2 Å². The molecule has 1 amide bonds. The van der Waals surface area contributed by atoms with E-state index in [0.717, 1.165) is 17.8 Å². The van der Waals surface area contributed by atoms with Crippen molar-refractivity contribution in [2.45, 2.75) is 19.3 Å². The molecule has 4 nitrogen and oxygen atoms in total. The molecular formula is C17H19N3O. The summed E-state index contributed by atoms with van der Waals surface area (Å²) in [5.74, 6) is 0.283. The predicted molar refractivity (Wildman–Crippen MR) is 83.5 cm³/mol. The van der Waals surface area contributed by atoms with Gasteiger partial charge in [0.15, 0.2) is 0 Å². The van der Waals surface area contributed by atoms with Crippen molar-refractivity contribution in [2.24, 2.45) is 5.73 Å². The number of rotatable bonds is 3. The Morgan fingerprint density at radius 3 is 2.86 bits per heavy atom. The Morgan fingerprint density at radius 2 is 2.10 bits per heavy atom. The molecule has 4 heteroatoms. The van der Waals surface area contributed by atoms with E-state index in [-0.39, 0.29) is 5.91 Å². The van der Waals surface area contributed by atoms with Crippen LogP contribution >= 0.6 is 0 Å². The van der Waals surface area contributed by atoms with E-state index < -0.39 is 0 Å². The van der Waals surface area contributed by atoms with Gasteiger partial charge in [0.1, 0.15) is 5.69 Å². The summed E-state index contributed by atoms with van der Waals surface area (Å²) < 4.78 is 0. The van der Waals surface area contributed by atoms with Gasteiger partial charge in [-0.25, -0.2) is 4.98 Å². The number of benzene rings is 1. The van der Waals surface area contributed by atoms with Crippen LogP contribution in [0.25, 0.3) is 0 Å². The minimum Gasteiger partial charge on any atom is -0.330 e. The number of fused-ring (bicyclic) bond motifs is 1. The molecule has 0 bridgehead atoms. The van der Waals surface area contributed by atoms with Crippen LogP contribution in [0.15, 0.2) is 42.5 Å². The molecule has 2 N–H and O–H groups in total. The number of para-hydroxylation sites is 1. The molecule has 0 spiro atoms. The molecule has 2 heterocycles. The van der Waals surface area contributed by atoms with Crippen molar-refractivity contribution in [3.05, 3.63) is 59.4 Å². The minimum absolute atomic E-state index is 0.0364. The molecule has 0 radical (unpaired) electrons. The maximum Gasteiger partial charge on any atom is 0.276 e. The van der Waals surface area contributed by atoms with Crippen LogP contribution in [-0.2, 0) is 0 Å². The molecule has 0 aliphatic carbocycles. The first-order valence-electron chi connectivity index (χ1n) is 7.25. The van der Waals surface area contributed by atoms with Crippen molar-refractivity contribution < 1.29 is 4.79 Å². The molecule has 0 saturated carbocycles. The van der Waals surface area contributed by atoms with Crippen molar-refractivity contribution in [3.63, 3.8) is 0 Å². The summed E-state index contributed by atoms with van der Waals surface area (Å²) in [6, 6.07) is 13.6. The fourth-order valence-corrected chi connectivity index (χ4v) is 2.94. The fraction of sp³-hybridized carbons (Fsp3) is 0.294. The highest BCUT2D eigenvalue weighted by atomic mass is 16.2. The zero-order chi connectivity index (χ0) is 14.8. The number of hydrogen-bond donors (Lipinski definition) is 1. The number of carbonyl (C=O) groups is 1. The Kier molecular flexibility index (Phi) is 3.71. The summed E-state index contributed by atoms with van der Waals surface area (Å²) in [7, 11) is 0. The highest BCUT2D eigenvalue weighted by molar-refractivity contribution is 6.06. The monoisotopic (exact) mass is 281 g/mol. The predicted octanol–water partition coefficient (Wildman–Crippen LogP) is 2.48. The number of hydrogen-bond acceptors (Lipinski definition) is 3. The fourth-order valence-electron chi connectivity index (χ4n) is 2.94. The van der Waals surface area contributed by atoms with Gasteiger partial charge in [0.05, 0.1) is 0 Å². The van der Waals surface area contributed by atoms with Gasteiger partial charge in [-0.1, -0.05) is 24.3 Å². The molecule has 1 unspecified atom stereocenters. The number of amides is 1. The van der Waals surface area contributed by atoms with Gasteiger partial charge in [0.2, 0.25) is 0 Å². The third-order valence-electron chi connectivity index (χ3n) is 3.94. The average Bonchev–Trinajstić information content (AvgIpc) is 2.86. The molecule has 0 saturated heterocycles. The first-order chi connectivity index (χ1) is 10.2. The van der Waals surface area contributed by atoms with E-state index in [1.165, 1.54) is 5.56 Å². The van der Waals surface area contributed by atoms with Gasteiger partial charge in [0, 0.05) is 23.8 Å². The maximum absolute atomic E-state index is 12.7. The first-order valence-corrected chi connectivity index (χ1v) is 7.25. The average molecular weight is 281 g/mol. The lowest BCUT2D eigenvalue weighted by Gasteiger charge is -2.17. The van der Waals surface area contributed by atoms with Crippen LogP contribution in [0.5, 0.6) is 0 Å². The lowest BCUT2D eigenvalue weighted by atomic mass is 9.98. The molecule has 1 atom stereocenters. The number of nitrogens with two attached hydrogens (primary N) is 1. The molecule has 21 heavy (non-hydrogen) atoms. The lowest BCUT2D eigenvalue weighted by molar-refractivity contribution is 0.0983. The Hall–Kier alpha value is -2.20. The third-order valence-corrected chi connectivity index (χ3v) is 3.94. The second-order valence-electron chi connectivity index (χ2n) is 5.41. The van der Waals surface area contributed by atoms with Gasteiger partial charge < -0.3 is 10.6 Å². The van der Waals surface area contributed by atoms with Gasteiger partial charge in [-0.15, -0.1) is 0 Å². The van der Waals surface area contributed by atoms with E-state index in [0.29, 0.717) is 24.7 Å². The standard InChI is InChI=1S/C17H19N3O/c1-12-5-4-7-15(19-12)17(21)20-11-13(9-10-18)14-6-2-3-8-16(14)20/h2-8,13H,9-11,18H2,1H3. The van der Waals surface area contributed by atoms with Crippen molar-refractivity contribution in [3.8, 4) is 0 Å². The van der Waals surface area contributed by atoms with Gasteiger partial charge in [-0.2, -0.15) is 0 Å². The third kappa shape index (κ3) is 2.54. The second-order valence-corrected chi connectivity index (χ2v) is 5.41. The molecule has 1 aromatic carbocycles. The Bertz CT molecular complexity index is 669. The summed E-state index contributed by atoms with van der Waals surface area (Å²) in [5, 5.41) is 0. The van der Waals surface area contributed by atoms with Crippen LogP contribution < -0.4 is 10.6 Å². The Labute approximate surface area is 124 Å². The van der Waals surface area contributed by atoms with Crippen molar-refractivity contribution >= 4 is 11.6 Å². The van der Waals surface area contributed by atoms with Gasteiger partial charge in [-0.3, -0.25) is 4.79 Å². The van der Waals surface area contributed by atoms with E-state index >= 15 is 0 Å². The molecule has 3 rings (SSSR count). The van der Waals surface area contributed by atoms with Gasteiger partial charge in [-0.05, 0) is 43.7 Å². The number of carbonyl (C=O) groups excluding carboxylic acids is 1. The number of nitrogens with zero attached hydrogens (tertiary/aromatic N) is 2. The van der Waals surface area contributed by atoms with Crippen molar-refractivity contribution in [1.29, 1.82) is 0 Å². The molecular weight excluding hydrogens is 262 g/mol. The number of anilines is 1. The van der Waals surface area contributed by atoms with Crippen LogP contribution in [0.1, 0.15) is 34.1 Å². The van der Waals surface area contributed by atoms with E-state index in [1.54, 1.807) is 6.07 Å². The molecule has 1 aliphatic rings. The molecule has 1 aromatic heterocycles.